The van der Waals surface area contributed by atoms with E-state index in [1.165, 1.54) is 26.4 Å². The van der Waals surface area contributed by atoms with Crippen molar-refractivity contribution in [3.05, 3.63) is 54.6 Å². The summed E-state index contributed by atoms with van der Waals surface area (Å²) in [5, 5.41) is 5.33. The molecule has 0 bridgehead atoms. The summed E-state index contributed by atoms with van der Waals surface area (Å²) in [5.41, 5.74) is 0. The Hall–Kier alpha value is -1.47. The molecule has 0 aliphatic rings. The van der Waals surface area contributed by atoms with Crippen LogP contribution in [0.3, 0.4) is 0 Å². The molecule has 92 valence electrons. The van der Waals surface area contributed by atoms with Gasteiger partial charge in [0.05, 0.1) is 0 Å². The average Bonchev–Trinajstić information content (AvgIpc) is 2.34. The first-order valence-electron chi connectivity index (χ1n) is 6.15. The monoisotopic (exact) mass is 254 g/mol. The minimum absolute atomic E-state index is 0.648. The van der Waals surface area contributed by atoms with Crippen LogP contribution in [-0.2, 0) is 0 Å². The molecule has 0 saturated heterocycles. The molecule has 0 fully saturated rings. The summed E-state index contributed by atoms with van der Waals surface area (Å²) in [7, 11) is -0.648. The normalized spacial score (nSPS) is 13.1. The van der Waals surface area contributed by atoms with Crippen molar-refractivity contribution in [3.63, 3.8) is 0 Å². The molecule has 0 nitrogen and oxygen atoms in total. The fourth-order valence-corrected chi connectivity index (χ4v) is 3.26. The first-order chi connectivity index (χ1) is 8.54. The van der Waals surface area contributed by atoms with Gasteiger partial charge in [-0.1, -0.05) is 30.3 Å². The van der Waals surface area contributed by atoms with Gasteiger partial charge in [0, 0.05) is 0 Å². The molecule has 0 aliphatic carbocycles. The summed E-state index contributed by atoms with van der Waals surface area (Å²) in [6.07, 6.45) is 7.03. The van der Waals surface area contributed by atoms with E-state index in [-0.39, 0.29) is 0 Å². The van der Waals surface area contributed by atoms with E-state index in [0.717, 1.165) is 0 Å². The zero-order chi connectivity index (χ0) is 12.8. The van der Waals surface area contributed by atoms with Gasteiger partial charge in [-0.15, -0.1) is 0 Å². The molecule has 1 heteroatoms. The molecular weight excluding hydrogens is 236 g/mol. The van der Waals surface area contributed by atoms with Gasteiger partial charge in [-0.2, -0.15) is 0 Å². The highest BCUT2D eigenvalue weighted by Crippen LogP contribution is 2.46. The third-order valence-corrected chi connectivity index (χ3v) is 5.05. The molecule has 0 unspecified atom stereocenters. The summed E-state index contributed by atoms with van der Waals surface area (Å²) in [6.45, 7) is 0. The molecule has 18 heavy (non-hydrogen) atoms. The van der Waals surface area contributed by atoms with Gasteiger partial charge in [-0.25, -0.2) is 10.0 Å². The van der Waals surface area contributed by atoms with Crippen LogP contribution in [0.2, 0.25) is 0 Å². The van der Waals surface area contributed by atoms with E-state index < -0.39 is 10.0 Å². The van der Waals surface area contributed by atoms with Crippen molar-refractivity contribution < 1.29 is 0 Å². The van der Waals surface area contributed by atoms with Crippen LogP contribution in [0.4, 0.5) is 0 Å². The maximum Gasteiger partial charge on any atom is -0.00999 e. The Kier molecular flexibility index (Phi) is 2.60. The molecule has 3 aromatic rings. The van der Waals surface area contributed by atoms with E-state index in [4.69, 9.17) is 0 Å². The Labute approximate surface area is 110 Å². The van der Waals surface area contributed by atoms with Crippen LogP contribution < -0.4 is 0 Å². The van der Waals surface area contributed by atoms with Crippen LogP contribution >= 0.6 is 10.0 Å². The Balaban J connectivity index is 2.31. The lowest BCUT2D eigenvalue weighted by atomic mass is 10.0. The Bertz CT molecular complexity index is 720. The molecule has 0 aliphatic heterocycles. The summed E-state index contributed by atoms with van der Waals surface area (Å²) >= 11 is 0. The average molecular weight is 254 g/mol. The highest BCUT2D eigenvalue weighted by atomic mass is 32.3. The highest BCUT2D eigenvalue weighted by molar-refractivity contribution is 8.32. The van der Waals surface area contributed by atoms with Crippen molar-refractivity contribution in [2.75, 3.05) is 18.8 Å². The van der Waals surface area contributed by atoms with Crippen molar-refractivity contribution in [3.8, 4) is 0 Å². The molecule has 0 aromatic heterocycles. The van der Waals surface area contributed by atoms with Crippen LogP contribution in [0.15, 0.2) is 59.5 Å². The van der Waals surface area contributed by atoms with E-state index in [1.54, 1.807) is 0 Å². The molecule has 0 saturated carbocycles. The van der Waals surface area contributed by atoms with Gasteiger partial charge < -0.3 is 0 Å². The maximum atomic E-state index is 2.36. The van der Waals surface area contributed by atoms with Gasteiger partial charge in [-0.05, 0) is 69.5 Å². The van der Waals surface area contributed by atoms with Crippen molar-refractivity contribution in [2.45, 2.75) is 4.90 Å². The Morgan fingerprint density at radius 2 is 1.17 bits per heavy atom. The van der Waals surface area contributed by atoms with Crippen molar-refractivity contribution in [2.24, 2.45) is 0 Å². The topological polar surface area (TPSA) is 0 Å². The SMILES string of the molecule is CS(C)(C)c1ccc2cc3ccccc3cc2c1. The first kappa shape index (κ1) is 11.6. The quantitative estimate of drug-likeness (QED) is 0.533. The second kappa shape index (κ2) is 4.03. The molecule has 0 atom stereocenters. The van der Waals surface area contributed by atoms with E-state index >= 15 is 0 Å². The van der Waals surface area contributed by atoms with Gasteiger partial charge in [0.1, 0.15) is 0 Å². The second-order valence-corrected chi connectivity index (χ2v) is 9.69. The van der Waals surface area contributed by atoms with Gasteiger partial charge in [0.15, 0.2) is 0 Å². The standard InChI is InChI=1S/C17H18S/c1-18(2,3)17-9-8-15-10-13-6-4-5-7-14(13)11-16(15)12-17/h4-12H,1-3H3. The van der Waals surface area contributed by atoms with Crippen LogP contribution in [0.25, 0.3) is 21.5 Å². The van der Waals surface area contributed by atoms with E-state index in [9.17, 15) is 0 Å². The fourth-order valence-electron chi connectivity index (χ4n) is 2.30. The first-order valence-corrected chi connectivity index (χ1v) is 9.01. The predicted molar refractivity (Wildman–Crippen MR) is 85.1 cm³/mol. The molecule has 0 amide bonds. The van der Waals surface area contributed by atoms with E-state index in [2.05, 4.69) is 73.4 Å². The lowest BCUT2D eigenvalue weighted by Crippen LogP contribution is -1.92. The van der Waals surface area contributed by atoms with Crippen molar-refractivity contribution in [1.82, 2.24) is 0 Å². The van der Waals surface area contributed by atoms with Crippen molar-refractivity contribution in [1.29, 1.82) is 0 Å². The van der Waals surface area contributed by atoms with Crippen LogP contribution in [0.5, 0.6) is 0 Å². The Morgan fingerprint density at radius 1 is 0.611 bits per heavy atom. The summed E-state index contributed by atoms with van der Waals surface area (Å²) in [6, 6.07) is 20.1. The number of hydrogen-bond acceptors (Lipinski definition) is 0. The predicted octanol–water partition coefficient (Wildman–Crippen LogP) is 5.05. The van der Waals surface area contributed by atoms with Gasteiger partial charge >= 0.3 is 0 Å². The Morgan fingerprint density at radius 3 is 1.78 bits per heavy atom. The van der Waals surface area contributed by atoms with Gasteiger partial charge in [0.2, 0.25) is 0 Å². The molecular formula is C17H18S. The summed E-state index contributed by atoms with van der Waals surface area (Å²) in [4.78, 5) is 1.48. The number of fused-ring (bicyclic) bond motifs is 2. The van der Waals surface area contributed by atoms with E-state index in [1.807, 2.05) is 0 Å². The number of hydrogen-bond donors (Lipinski definition) is 0. The van der Waals surface area contributed by atoms with Crippen LogP contribution in [-0.4, -0.2) is 18.8 Å². The third kappa shape index (κ3) is 1.99. The maximum absolute atomic E-state index is 2.36. The molecule has 0 radical (unpaired) electrons. The van der Waals surface area contributed by atoms with E-state index in [0.29, 0.717) is 0 Å². The molecule has 3 aromatic carbocycles. The molecule has 0 N–H and O–H groups in total. The third-order valence-electron chi connectivity index (χ3n) is 3.38. The number of rotatable bonds is 1. The zero-order valence-corrected chi connectivity index (χ0v) is 11.9. The lowest BCUT2D eigenvalue weighted by Gasteiger charge is -2.26. The lowest BCUT2D eigenvalue weighted by molar-refractivity contribution is 1.48. The minimum Gasteiger partial charge on any atom is -0.223 e. The summed E-state index contributed by atoms with van der Waals surface area (Å²) < 4.78 is 0. The van der Waals surface area contributed by atoms with Gasteiger partial charge in [0.25, 0.3) is 0 Å². The molecule has 0 spiro atoms. The van der Waals surface area contributed by atoms with Crippen LogP contribution in [0, 0.1) is 0 Å². The highest BCUT2D eigenvalue weighted by Gasteiger charge is 2.08. The second-order valence-electron chi connectivity index (χ2n) is 5.55. The largest absolute Gasteiger partial charge is 0.223 e. The van der Waals surface area contributed by atoms with Crippen molar-refractivity contribution >= 4 is 31.6 Å². The number of benzene rings is 3. The van der Waals surface area contributed by atoms with Crippen LogP contribution in [0.1, 0.15) is 0 Å². The zero-order valence-electron chi connectivity index (χ0n) is 11.1. The summed E-state index contributed by atoms with van der Waals surface area (Å²) in [5.74, 6) is 0. The molecule has 0 heterocycles. The minimum atomic E-state index is -0.648. The van der Waals surface area contributed by atoms with Gasteiger partial charge in [-0.3, -0.25) is 0 Å². The smallest absolute Gasteiger partial charge is 0.00999 e. The molecule has 3 rings (SSSR count). The fraction of sp³-hybridized carbons (Fsp3) is 0.176.